The second-order valence-electron chi connectivity index (χ2n) is 4.53. The summed E-state index contributed by atoms with van der Waals surface area (Å²) in [7, 11) is 1.99. The Balaban J connectivity index is 2.25. The van der Waals surface area contributed by atoms with E-state index in [2.05, 4.69) is 30.0 Å². The summed E-state index contributed by atoms with van der Waals surface area (Å²) in [5.41, 5.74) is 3.79. The van der Waals surface area contributed by atoms with Gasteiger partial charge in [0.15, 0.2) is 0 Å². The van der Waals surface area contributed by atoms with Crippen LogP contribution in [0.15, 0.2) is 18.2 Å². The van der Waals surface area contributed by atoms with Crippen molar-refractivity contribution in [1.82, 2.24) is 0 Å². The summed E-state index contributed by atoms with van der Waals surface area (Å²) in [6, 6.07) is 6.51. The third-order valence-corrected chi connectivity index (χ3v) is 3.32. The van der Waals surface area contributed by atoms with E-state index >= 15 is 0 Å². The van der Waals surface area contributed by atoms with Gasteiger partial charge in [0.25, 0.3) is 0 Å². The molecule has 1 aromatic rings. The lowest BCUT2D eigenvalue weighted by Gasteiger charge is -2.35. The molecular formula is C13H17NO2. The highest BCUT2D eigenvalue weighted by Crippen LogP contribution is 2.31. The molecule has 86 valence electrons. The van der Waals surface area contributed by atoms with Crippen molar-refractivity contribution in [1.29, 1.82) is 0 Å². The minimum Gasteiger partial charge on any atom is -0.481 e. The van der Waals surface area contributed by atoms with E-state index in [1.54, 1.807) is 0 Å². The van der Waals surface area contributed by atoms with Crippen molar-refractivity contribution in [3.05, 3.63) is 29.3 Å². The number of hydrogen-bond acceptors (Lipinski definition) is 2. The molecule has 0 radical (unpaired) electrons. The van der Waals surface area contributed by atoms with E-state index in [1.807, 2.05) is 7.05 Å². The quantitative estimate of drug-likeness (QED) is 0.829. The molecule has 0 bridgehead atoms. The van der Waals surface area contributed by atoms with E-state index in [4.69, 9.17) is 5.11 Å². The van der Waals surface area contributed by atoms with Crippen LogP contribution in [0.1, 0.15) is 24.0 Å². The zero-order valence-electron chi connectivity index (χ0n) is 9.73. The molecule has 1 aromatic carbocycles. The Labute approximate surface area is 95.7 Å². The molecule has 0 spiro atoms. The molecule has 1 aliphatic rings. The molecule has 1 unspecified atom stereocenters. The summed E-state index contributed by atoms with van der Waals surface area (Å²) in [5.74, 6) is -0.715. The van der Waals surface area contributed by atoms with Crippen LogP contribution < -0.4 is 4.90 Å². The van der Waals surface area contributed by atoms with E-state index in [0.29, 0.717) is 0 Å². The fourth-order valence-corrected chi connectivity index (χ4v) is 2.41. The number of hydrogen-bond donors (Lipinski definition) is 1. The number of fused-ring (bicyclic) bond motifs is 1. The summed E-state index contributed by atoms with van der Waals surface area (Å²) in [6.45, 7) is 2.09. The van der Waals surface area contributed by atoms with Crippen molar-refractivity contribution in [2.75, 3.05) is 11.9 Å². The van der Waals surface area contributed by atoms with Crippen LogP contribution in [0.2, 0.25) is 0 Å². The second kappa shape index (κ2) is 4.16. The fraction of sp³-hybridized carbons (Fsp3) is 0.462. The summed E-state index contributed by atoms with van der Waals surface area (Å²) < 4.78 is 0. The molecule has 1 heterocycles. The number of carboxylic acids is 1. The van der Waals surface area contributed by atoms with Gasteiger partial charge < -0.3 is 10.0 Å². The van der Waals surface area contributed by atoms with Gasteiger partial charge in [0.1, 0.15) is 0 Å². The zero-order chi connectivity index (χ0) is 11.7. The van der Waals surface area contributed by atoms with Crippen LogP contribution in [-0.2, 0) is 11.2 Å². The molecule has 0 amide bonds. The number of benzene rings is 1. The van der Waals surface area contributed by atoms with Gasteiger partial charge in [-0.3, -0.25) is 4.79 Å². The highest BCUT2D eigenvalue weighted by Gasteiger charge is 2.24. The topological polar surface area (TPSA) is 40.5 Å². The summed E-state index contributed by atoms with van der Waals surface area (Å²) in [5, 5.41) is 8.85. The number of carboxylic acid groups (broad SMARTS) is 1. The maximum absolute atomic E-state index is 10.8. The Kier molecular flexibility index (Phi) is 2.86. The Bertz CT molecular complexity index is 414. The number of nitrogens with zero attached hydrogens (tertiary/aromatic N) is 1. The van der Waals surface area contributed by atoms with Gasteiger partial charge in [-0.05, 0) is 31.4 Å². The molecule has 1 atom stereocenters. The van der Waals surface area contributed by atoms with Crippen LogP contribution in [0.4, 0.5) is 5.69 Å². The number of rotatable bonds is 2. The normalized spacial score (nSPS) is 19.4. The largest absolute Gasteiger partial charge is 0.481 e. The highest BCUT2D eigenvalue weighted by molar-refractivity contribution is 5.69. The minimum absolute atomic E-state index is 0.132. The van der Waals surface area contributed by atoms with Crippen LogP contribution in [0, 0.1) is 6.92 Å². The fourth-order valence-electron chi connectivity index (χ4n) is 2.41. The van der Waals surface area contributed by atoms with E-state index < -0.39 is 5.97 Å². The number of carbonyl (C=O) groups is 1. The molecule has 0 aliphatic carbocycles. The predicted molar refractivity (Wildman–Crippen MR) is 63.9 cm³/mol. The first-order valence-electron chi connectivity index (χ1n) is 5.62. The van der Waals surface area contributed by atoms with Crippen LogP contribution in [0.25, 0.3) is 0 Å². The van der Waals surface area contributed by atoms with Crippen molar-refractivity contribution in [3.63, 3.8) is 0 Å². The lowest BCUT2D eigenvalue weighted by molar-refractivity contribution is -0.137. The van der Waals surface area contributed by atoms with Gasteiger partial charge in [0.05, 0.1) is 6.42 Å². The smallest absolute Gasteiger partial charge is 0.305 e. The summed E-state index contributed by atoms with van der Waals surface area (Å²) >= 11 is 0. The maximum atomic E-state index is 10.8. The minimum atomic E-state index is -0.715. The number of anilines is 1. The first-order valence-corrected chi connectivity index (χ1v) is 5.62. The monoisotopic (exact) mass is 219 g/mol. The average molecular weight is 219 g/mol. The van der Waals surface area contributed by atoms with Crippen molar-refractivity contribution in [2.24, 2.45) is 0 Å². The maximum Gasteiger partial charge on any atom is 0.305 e. The summed E-state index contributed by atoms with van der Waals surface area (Å²) in [6.07, 6.45) is 2.14. The highest BCUT2D eigenvalue weighted by atomic mass is 16.4. The molecule has 1 aliphatic heterocycles. The average Bonchev–Trinajstić information content (AvgIpc) is 2.22. The van der Waals surface area contributed by atoms with Gasteiger partial charge in [-0.25, -0.2) is 0 Å². The SMILES string of the molecule is Cc1ccc2c(c1)CCC(CC(=O)O)N2C. The van der Waals surface area contributed by atoms with Crippen LogP contribution >= 0.6 is 0 Å². The van der Waals surface area contributed by atoms with Crippen molar-refractivity contribution in [2.45, 2.75) is 32.2 Å². The van der Waals surface area contributed by atoms with Gasteiger partial charge in [-0.2, -0.15) is 0 Å². The first-order chi connectivity index (χ1) is 7.58. The molecule has 0 fully saturated rings. The summed E-state index contributed by atoms with van der Waals surface area (Å²) in [4.78, 5) is 12.9. The van der Waals surface area contributed by atoms with Gasteiger partial charge in [0.2, 0.25) is 0 Å². The van der Waals surface area contributed by atoms with Gasteiger partial charge in [-0.15, -0.1) is 0 Å². The molecule has 2 rings (SSSR count). The molecule has 16 heavy (non-hydrogen) atoms. The standard InChI is InChI=1S/C13H17NO2/c1-9-3-6-12-10(7-9)4-5-11(14(12)2)8-13(15)16/h3,6-7,11H,4-5,8H2,1-2H3,(H,15,16). The van der Waals surface area contributed by atoms with E-state index in [0.717, 1.165) is 12.8 Å². The van der Waals surface area contributed by atoms with Crippen LogP contribution in [0.5, 0.6) is 0 Å². The van der Waals surface area contributed by atoms with E-state index in [1.165, 1.54) is 16.8 Å². The van der Waals surface area contributed by atoms with Gasteiger partial charge in [0, 0.05) is 18.8 Å². The predicted octanol–water partition coefficient (Wildman–Crippen LogP) is 2.22. The Morgan fingerprint density at radius 3 is 3.00 bits per heavy atom. The molecule has 0 saturated carbocycles. The van der Waals surface area contributed by atoms with Crippen molar-refractivity contribution >= 4 is 11.7 Å². The molecule has 0 aromatic heterocycles. The van der Waals surface area contributed by atoms with Crippen molar-refractivity contribution in [3.8, 4) is 0 Å². The molecule has 0 saturated heterocycles. The third kappa shape index (κ3) is 2.03. The second-order valence-corrected chi connectivity index (χ2v) is 4.53. The van der Waals surface area contributed by atoms with Gasteiger partial charge >= 0.3 is 5.97 Å². The van der Waals surface area contributed by atoms with Crippen molar-refractivity contribution < 1.29 is 9.90 Å². The molecule has 3 heteroatoms. The van der Waals surface area contributed by atoms with Crippen LogP contribution in [0.3, 0.4) is 0 Å². The van der Waals surface area contributed by atoms with Gasteiger partial charge in [-0.1, -0.05) is 17.7 Å². The molecule has 1 N–H and O–H groups in total. The first kappa shape index (κ1) is 11.0. The number of aliphatic carboxylic acids is 1. The molecule has 3 nitrogen and oxygen atoms in total. The number of aryl methyl sites for hydroxylation is 2. The molecular weight excluding hydrogens is 202 g/mol. The van der Waals surface area contributed by atoms with E-state index in [9.17, 15) is 4.79 Å². The zero-order valence-corrected chi connectivity index (χ0v) is 9.73. The Morgan fingerprint density at radius 2 is 2.31 bits per heavy atom. The Hall–Kier alpha value is -1.51. The Morgan fingerprint density at radius 1 is 1.56 bits per heavy atom. The lowest BCUT2D eigenvalue weighted by Crippen LogP contribution is -2.37. The lowest BCUT2D eigenvalue weighted by atomic mass is 9.93. The van der Waals surface area contributed by atoms with Crippen LogP contribution in [-0.4, -0.2) is 24.2 Å². The van der Waals surface area contributed by atoms with E-state index in [-0.39, 0.29) is 12.5 Å². The third-order valence-electron chi connectivity index (χ3n) is 3.32.